The Morgan fingerprint density at radius 3 is 2.74 bits per heavy atom. The van der Waals surface area contributed by atoms with E-state index in [0.29, 0.717) is 19.8 Å². The molecule has 184 valence electrons. The van der Waals surface area contributed by atoms with Gasteiger partial charge in [0.05, 0.1) is 6.61 Å². The maximum Gasteiger partial charge on any atom is 0.222 e. The summed E-state index contributed by atoms with van der Waals surface area (Å²) in [4.78, 5) is 17.9. The van der Waals surface area contributed by atoms with E-state index in [1.54, 1.807) is 18.2 Å². The van der Waals surface area contributed by atoms with Crippen LogP contribution in [0.3, 0.4) is 0 Å². The van der Waals surface area contributed by atoms with E-state index in [2.05, 4.69) is 32.7 Å². The number of hydrogen-bond acceptors (Lipinski definition) is 5. The molecule has 0 bridgehead atoms. The number of halogens is 2. The molecule has 1 fully saturated rings. The summed E-state index contributed by atoms with van der Waals surface area (Å²) in [5.41, 5.74) is 3.95. The summed E-state index contributed by atoms with van der Waals surface area (Å²) >= 11 is 0. The summed E-state index contributed by atoms with van der Waals surface area (Å²) in [7, 11) is 0. The SMILES string of the molecule is O=C(CCOCCC1CN(c2cccc(-c3ccc(F)cc3)c2)CCN1)NCc1ccc(F)nc1. The van der Waals surface area contributed by atoms with Gasteiger partial charge in [-0.15, -0.1) is 0 Å². The molecule has 0 radical (unpaired) electrons. The Hall–Kier alpha value is -3.36. The lowest BCUT2D eigenvalue weighted by molar-refractivity contribution is -0.122. The second-order valence-electron chi connectivity index (χ2n) is 8.57. The minimum absolute atomic E-state index is 0.114. The van der Waals surface area contributed by atoms with E-state index >= 15 is 0 Å². The number of carbonyl (C=O) groups is 1. The molecule has 1 unspecified atom stereocenters. The fraction of sp³-hybridized carbons (Fsp3) is 0.333. The average Bonchev–Trinajstić information content (AvgIpc) is 2.89. The summed E-state index contributed by atoms with van der Waals surface area (Å²) in [5, 5.41) is 6.32. The molecule has 0 saturated carbocycles. The molecule has 1 amide bonds. The monoisotopic (exact) mass is 480 g/mol. The fourth-order valence-electron chi connectivity index (χ4n) is 4.07. The zero-order valence-electron chi connectivity index (χ0n) is 19.6. The van der Waals surface area contributed by atoms with Gasteiger partial charge in [0.2, 0.25) is 11.9 Å². The maximum absolute atomic E-state index is 13.3. The first-order valence-electron chi connectivity index (χ1n) is 11.9. The third-order valence-corrected chi connectivity index (χ3v) is 6.01. The lowest BCUT2D eigenvalue weighted by Gasteiger charge is -2.35. The zero-order chi connectivity index (χ0) is 24.5. The number of nitrogens with zero attached hydrogens (tertiary/aromatic N) is 2. The van der Waals surface area contributed by atoms with Crippen LogP contribution in [-0.2, 0) is 16.1 Å². The second kappa shape index (κ2) is 12.4. The van der Waals surface area contributed by atoms with Gasteiger partial charge in [-0.2, -0.15) is 4.39 Å². The van der Waals surface area contributed by atoms with Crippen LogP contribution in [0.5, 0.6) is 0 Å². The molecule has 1 aromatic heterocycles. The quantitative estimate of drug-likeness (QED) is 0.340. The number of amides is 1. The first-order valence-corrected chi connectivity index (χ1v) is 11.9. The van der Waals surface area contributed by atoms with Crippen molar-refractivity contribution in [2.75, 3.05) is 37.7 Å². The molecule has 1 saturated heterocycles. The van der Waals surface area contributed by atoms with Gasteiger partial charge in [0.25, 0.3) is 0 Å². The summed E-state index contributed by atoms with van der Waals surface area (Å²) < 4.78 is 31.8. The Labute approximate surface area is 204 Å². The van der Waals surface area contributed by atoms with Gasteiger partial charge in [-0.3, -0.25) is 4.79 Å². The van der Waals surface area contributed by atoms with Gasteiger partial charge in [0.1, 0.15) is 5.82 Å². The van der Waals surface area contributed by atoms with Gasteiger partial charge in [0, 0.05) is 57.1 Å². The number of piperazine rings is 1. The van der Waals surface area contributed by atoms with Crippen LogP contribution in [0.4, 0.5) is 14.5 Å². The minimum Gasteiger partial charge on any atom is -0.381 e. The summed E-state index contributed by atoms with van der Waals surface area (Å²) in [6.45, 7) is 3.89. The molecule has 1 aliphatic rings. The van der Waals surface area contributed by atoms with Crippen molar-refractivity contribution in [1.29, 1.82) is 0 Å². The van der Waals surface area contributed by atoms with Crippen LogP contribution in [-0.4, -0.2) is 49.8 Å². The molecule has 1 aliphatic heterocycles. The number of benzene rings is 2. The Morgan fingerprint density at radius 2 is 1.94 bits per heavy atom. The first kappa shape index (κ1) is 24.8. The van der Waals surface area contributed by atoms with Crippen molar-refractivity contribution >= 4 is 11.6 Å². The minimum atomic E-state index is -0.539. The van der Waals surface area contributed by atoms with Crippen LogP contribution in [0.1, 0.15) is 18.4 Å². The van der Waals surface area contributed by atoms with E-state index in [1.165, 1.54) is 24.4 Å². The number of carbonyl (C=O) groups excluding carboxylic acids is 1. The molecule has 8 heteroatoms. The van der Waals surface area contributed by atoms with Crippen LogP contribution in [0.15, 0.2) is 66.9 Å². The van der Waals surface area contributed by atoms with Crippen LogP contribution in [0.25, 0.3) is 11.1 Å². The van der Waals surface area contributed by atoms with Crippen LogP contribution < -0.4 is 15.5 Å². The third-order valence-electron chi connectivity index (χ3n) is 6.01. The Balaban J connectivity index is 1.17. The third kappa shape index (κ3) is 7.56. The topological polar surface area (TPSA) is 66.5 Å². The number of pyridine rings is 1. The average molecular weight is 481 g/mol. The fourth-order valence-corrected chi connectivity index (χ4v) is 4.07. The lowest BCUT2D eigenvalue weighted by atomic mass is 10.0. The van der Waals surface area contributed by atoms with Crippen LogP contribution >= 0.6 is 0 Å². The normalized spacial score (nSPS) is 15.7. The van der Waals surface area contributed by atoms with Gasteiger partial charge in [-0.25, -0.2) is 9.37 Å². The molecule has 35 heavy (non-hydrogen) atoms. The number of anilines is 1. The van der Waals surface area contributed by atoms with E-state index in [1.807, 2.05) is 12.1 Å². The molecule has 2 aromatic carbocycles. The number of ether oxygens (including phenoxy) is 1. The number of nitrogens with one attached hydrogen (secondary N) is 2. The van der Waals surface area contributed by atoms with Gasteiger partial charge in [-0.1, -0.05) is 30.3 Å². The van der Waals surface area contributed by atoms with E-state index < -0.39 is 5.95 Å². The molecule has 6 nitrogen and oxygen atoms in total. The molecule has 0 spiro atoms. The molecule has 4 rings (SSSR count). The highest BCUT2D eigenvalue weighted by atomic mass is 19.1. The molecular weight excluding hydrogens is 450 g/mol. The molecular formula is C27H30F2N4O2. The van der Waals surface area contributed by atoms with Gasteiger partial charge < -0.3 is 20.3 Å². The number of aromatic nitrogens is 1. The number of hydrogen-bond donors (Lipinski definition) is 2. The smallest absolute Gasteiger partial charge is 0.222 e. The predicted octanol–water partition coefficient (Wildman–Crippen LogP) is 3.92. The van der Waals surface area contributed by atoms with Gasteiger partial charge in [-0.05, 0) is 53.4 Å². The van der Waals surface area contributed by atoms with Gasteiger partial charge >= 0.3 is 0 Å². The van der Waals surface area contributed by atoms with Crippen molar-refractivity contribution in [2.45, 2.75) is 25.4 Å². The largest absolute Gasteiger partial charge is 0.381 e. The van der Waals surface area contributed by atoms with Crippen molar-refractivity contribution in [3.8, 4) is 11.1 Å². The Morgan fingerprint density at radius 1 is 1.09 bits per heavy atom. The van der Waals surface area contributed by atoms with Crippen molar-refractivity contribution in [1.82, 2.24) is 15.6 Å². The predicted molar refractivity (Wildman–Crippen MR) is 132 cm³/mol. The van der Waals surface area contributed by atoms with Gasteiger partial charge in [0.15, 0.2) is 0 Å². The highest BCUT2D eigenvalue weighted by Crippen LogP contribution is 2.26. The molecule has 0 aliphatic carbocycles. The first-order chi connectivity index (χ1) is 17.1. The Bertz CT molecular complexity index is 1090. The highest BCUT2D eigenvalue weighted by molar-refractivity contribution is 5.75. The zero-order valence-corrected chi connectivity index (χ0v) is 19.6. The summed E-state index contributed by atoms with van der Waals surface area (Å²) in [6, 6.07) is 18.0. The highest BCUT2D eigenvalue weighted by Gasteiger charge is 2.19. The van der Waals surface area contributed by atoms with Crippen molar-refractivity contribution in [2.24, 2.45) is 0 Å². The molecule has 3 aromatic rings. The van der Waals surface area contributed by atoms with E-state index in [-0.39, 0.29) is 24.2 Å². The van der Waals surface area contributed by atoms with Crippen molar-refractivity contribution in [3.63, 3.8) is 0 Å². The van der Waals surface area contributed by atoms with Crippen molar-refractivity contribution < 1.29 is 18.3 Å². The van der Waals surface area contributed by atoms with E-state index in [4.69, 9.17) is 4.74 Å². The standard InChI is InChI=1S/C27H30F2N4O2/c28-23-7-5-21(6-8-23)22-2-1-3-25(16-22)33-13-12-30-24(19-33)10-14-35-15-11-27(34)32-18-20-4-9-26(29)31-17-20/h1-9,16-17,24,30H,10-15,18-19H2,(H,32,34). The molecule has 2 heterocycles. The Kier molecular flexibility index (Phi) is 8.75. The van der Waals surface area contributed by atoms with E-state index in [9.17, 15) is 13.6 Å². The van der Waals surface area contributed by atoms with Crippen LogP contribution in [0, 0.1) is 11.8 Å². The van der Waals surface area contributed by atoms with Crippen molar-refractivity contribution in [3.05, 3.63) is 84.2 Å². The van der Waals surface area contributed by atoms with E-state index in [0.717, 1.165) is 48.4 Å². The molecule has 2 N–H and O–H groups in total. The maximum atomic E-state index is 13.3. The second-order valence-corrected chi connectivity index (χ2v) is 8.57. The molecule has 1 atom stereocenters. The lowest BCUT2D eigenvalue weighted by Crippen LogP contribution is -2.51. The summed E-state index contributed by atoms with van der Waals surface area (Å²) in [5.74, 6) is -0.889. The summed E-state index contributed by atoms with van der Waals surface area (Å²) in [6.07, 6.45) is 2.53. The van der Waals surface area contributed by atoms with Crippen LogP contribution in [0.2, 0.25) is 0 Å². The number of rotatable bonds is 10.